The molecule has 0 saturated carbocycles. The molecule has 1 nitrogen and oxygen atoms in total. The molecule has 16 heavy (non-hydrogen) atoms. The summed E-state index contributed by atoms with van der Waals surface area (Å²) >= 11 is 9.44. The van der Waals surface area contributed by atoms with Gasteiger partial charge in [0.25, 0.3) is 0 Å². The van der Waals surface area contributed by atoms with Gasteiger partial charge in [-0.15, -0.1) is 0 Å². The minimum absolute atomic E-state index is 0.0361. The van der Waals surface area contributed by atoms with Crippen LogP contribution in [0.3, 0.4) is 0 Å². The van der Waals surface area contributed by atoms with E-state index in [1.807, 2.05) is 7.05 Å². The second-order valence-corrected chi connectivity index (χ2v) is 5.47. The molecule has 0 amide bonds. The topological polar surface area (TPSA) is 3.24 Å². The molecule has 0 bridgehead atoms. The number of hydrogen-bond acceptors (Lipinski definition) is 1. The van der Waals surface area contributed by atoms with E-state index < -0.39 is 0 Å². The molecule has 0 N–H and O–H groups in total. The van der Waals surface area contributed by atoms with Crippen LogP contribution >= 0.6 is 27.5 Å². The summed E-state index contributed by atoms with van der Waals surface area (Å²) in [5.74, 6) is -0.246. The van der Waals surface area contributed by atoms with Gasteiger partial charge in [-0.2, -0.15) is 0 Å². The van der Waals surface area contributed by atoms with Crippen molar-refractivity contribution in [2.75, 3.05) is 12.4 Å². The fourth-order valence-electron chi connectivity index (χ4n) is 1.24. The molecule has 1 aromatic carbocycles. The first-order valence-electron chi connectivity index (χ1n) is 5.08. The van der Waals surface area contributed by atoms with E-state index in [0.717, 1.165) is 5.33 Å². The lowest BCUT2D eigenvalue weighted by atomic mass is 10.1. The molecule has 0 aliphatic rings. The summed E-state index contributed by atoms with van der Waals surface area (Å²) in [6.45, 7) is 4.69. The Morgan fingerprint density at radius 1 is 1.44 bits per heavy atom. The molecule has 0 spiro atoms. The van der Waals surface area contributed by atoms with Crippen molar-refractivity contribution in [3.05, 3.63) is 34.6 Å². The highest BCUT2D eigenvalue weighted by molar-refractivity contribution is 9.09. The number of rotatable bonds is 4. The first-order valence-corrected chi connectivity index (χ1v) is 6.58. The Kier molecular flexibility index (Phi) is 4.77. The maximum absolute atomic E-state index is 13.6. The Morgan fingerprint density at radius 2 is 2.06 bits per heavy atom. The smallest absolute Gasteiger partial charge is 0.129 e. The molecule has 0 atom stereocenters. The van der Waals surface area contributed by atoms with Crippen LogP contribution in [-0.2, 0) is 6.54 Å². The first-order chi connectivity index (χ1) is 7.38. The quantitative estimate of drug-likeness (QED) is 0.758. The van der Waals surface area contributed by atoms with Crippen LogP contribution < -0.4 is 0 Å². The summed E-state index contributed by atoms with van der Waals surface area (Å²) in [7, 11) is 1.96. The zero-order chi connectivity index (χ0) is 12.3. The summed E-state index contributed by atoms with van der Waals surface area (Å²) in [5, 5.41) is 1.31. The van der Waals surface area contributed by atoms with Gasteiger partial charge in [-0.05, 0) is 33.0 Å². The first kappa shape index (κ1) is 13.9. The Balaban J connectivity index is 2.89. The molecule has 0 radical (unpaired) electrons. The predicted molar refractivity (Wildman–Crippen MR) is 70.8 cm³/mol. The fraction of sp³-hybridized carbons (Fsp3) is 0.500. The lowest BCUT2D eigenvalue weighted by molar-refractivity contribution is 0.171. The average Bonchev–Trinajstić information content (AvgIpc) is 2.23. The zero-order valence-corrected chi connectivity index (χ0v) is 12.1. The Bertz CT molecular complexity index is 348. The average molecular weight is 309 g/mol. The Hall–Kier alpha value is -0.120. The van der Waals surface area contributed by atoms with Crippen molar-refractivity contribution in [1.82, 2.24) is 4.90 Å². The number of alkyl halides is 1. The fourth-order valence-corrected chi connectivity index (χ4v) is 1.89. The van der Waals surface area contributed by atoms with Gasteiger partial charge in [0, 0.05) is 28.0 Å². The van der Waals surface area contributed by atoms with Crippen LogP contribution in [0.1, 0.15) is 19.4 Å². The van der Waals surface area contributed by atoms with Gasteiger partial charge < -0.3 is 0 Å². The molecule has 0 saturated heterocycles. The van der Waals surface area contributed by atoms with Crippen LogP contribution in [-0.4, -0.2) is 22.8 Å². The van der Waals surface area contributed by atoms with Crippen LogP contribution in [0.25, 0.3) is 0 Å². The molecule has 0 aromatic heterocycles. The van der Waals surface area contributed by atoms with Crippen LogP contribution in [0, 0.1) is 5.82 Å². The molecule has 1 rings (SSSR count). The summed E-state index contributed by atoms with van der Waals surface area (Å²) in [6.07, 6.45) is 0. The van der Waals surface area contributed by atoms with Gasteiger partial charge >= 0.3 is 0 Å². The highest BCUT2D eigenvalue weighted by Gasteiger charge is 2.23. The summed E-state index contributed by atoms with van der Waals surface area (Å²) < 4.78 is 13.6. The molecule has 0 aliphatic carbocycles. The second-order valence-electron chi connectivity index (χ2n) is 4.50. The van der Waals surface area contributed by atoms with Gasteiger partial charge in [0.2, 0.25) is 0 Å². The van der Waals surface area contributed by atoms with Crippen molar-refractivity contribution in [3.63, 3.8) is 0 Å². The van der Waals surface area contributed by atoms with Crippen molar-refractivity contribution >= 4 is 27.5 Å². The van der Waals surface area contributed by atoms with Gasteiger partial charge in [0.1, 0.15) is 5.82 Å². The van der Waals surface area contributed by atoms with Crippen molar-refractivity contribution in [2.24, 2.45) is 0 Å². The second kappa shape index (κ2) is 5.48. The van der Waals surface area contributed by atoms with Crippen molar-refractivity contribution < 1.29 is 4.39 Å². The largest absolute Gasteiger partial charge is 0.296 e. The van der Waals surface area contributed by atoms with E-state index in [1.54, 1.807) is 12.1 Å². The van der Waals surface area contributed by atoms with E-state index in [4.69, 9.17) is 11.6 Å². The number of nitrogens with zero attached hydrogens (tertiary/aromatic N) is 1. The van der Waals surface area contributed by atoms with Crippen LogP contribution in [0.4, 0.5) is 4.39 Å². The molecule has 0 unspecified atom stereocenters. The van der Waals surface area contributed by atoms with E-state index in [0.29, 0.717) is 17.1 Å². The standard InChI is InChI=1S/C12H16BrClFN/c1-12(2,8-13)16(3)7-9-10(14)5-4-6-11(9)15/h4-6H,7-8H2,1-3H3. The minimum Gasteiger partial charge on any atom is -0.296 e. The molecular formula is C12H16BrClFN. The highest BCUT2D eigenvalue weighted by Crippen LogP contribution is 2.24. The van der Waals surface area contributed by atoms with Crippen LogP contribution in [0.15, 0.2) is 18.2 Å². The molecule has 1 aromatic rings. The summed E-state index contributed by atoms with van der Waals surface area (Å²) in [5.41, 5.74) is 0.520. The van der Waals surface area contributed by atoms with Gasteiger partial charge in [-0.3, -0.25) is 4.90 Å². The predicted octanol–water partition coefficient (Wildman–Crippen LogP) is 4.08. The SMILES string of the molecule is CN(Cc1c(F)cccc1Cl)C(C)(C)CBr. The molecular weight excluding hydrogens is 292 g/mol. The van der Waals surface area contributed by atoms with Gasteiger partial charge in [0.15, 0.2) is 0 Å². The Labute approximate surface area is 110 Å². The number of hydrogen-bond donors (Lipinski definition) is 0. The van der Waals surface area contributed by atoms with E-state index in [2.05, 4.69) is 34.7 Å². The Morgan fingerprint density at radius 3 is 2.56 bits per heavy atom. The maximum atomic E-state index is 13.6. The third-order valence-corrected chi connectivity index (χ3v) is 4.54. The minimum atomic E-state index is -0.246. The van der Waals surface area contributed by atoms with Gasteiger partial charge in [-0.25, -0.2) is 4.39 Å². The summed E-state index contributed by atoms with van der Waals surface area (Å²) in [6, 6.07) is 4.78. The molecule has 4 heteroatoms. The van der Waals surface area contributed by atoms with Gasteiger partial charge in [-0.1, -0.05) is 33.6 Å². The van der Waals surface area contributed by atoms with E-state index >= 15 is 0 Å². The molecule has 0 aliphatic heterocycles. The van der Waals surface area contributed by atoms with Crippen molar-refractivity contribution in [2.45, 2.75) is 25.9 Å². The van der Waals surface area contributed by atoms with E-state index in [-0.39, 0.29) is 11.4 Å². The van der Waals surface area contributed by atoms with Crippen molar-refractivity contribution in [1.29, 1.82) is 0 Å². The third-order valence-electron chi connectivity index (χ3n) is 2.82. The number of halogens is 3. The van der Waals surface area contributed by atoms with E-state index in [9.17, 15) is 4.39 Å². The van der Waals surface area contributed by atoms with Gasteiger partial charge in [0.05, 0.1) is 0 Å². The highest BCUT2D eigenvalue weighted by atomic mass is 79.9. The number of benzene rings is 1. The zero-order valence-electron chi connectivity index (χ0n) is 9.73. The van der Waals surface area contributed by atoms with Crippen LogP contribution in [0.2, 0.25) is 5.02 Å². The molecule has 0 fully saturated rings. The third kappa shape index (κ3) is 3.19. The van der Waals surface area contributed by atoms with E-state index in [1.165, 1.54) is 6.07 Å². The lowest BCUT2D eigenvalue weighted by Crippen LogP contribution is -2.42. The summed E-state index contributed by atoms with van der Waals surface area (Å²) in [4.78, 5) is 2.08. The van der Waals surface area contributed by atoms with Crippen molar-refractivity contribution in [3.8, 4) is 0 Å². The lowest BCUT2D eigenvalue weighted by Gasteiger charge is -2.34. The normalized spacial score (nSPS) is 12.2. The van der Waals surface area contributed by atoms with Crippen LogP contribution in [0.5, 0.6) is 0 Å². The maximum Gasteiger partial charge on any atom is 0.129 e. The molecule has 0 heterocycles. The molecule has 90 valence electrons. The monoisotopic (exact) mass is 307 g/mol.